The minimum atomic E-state index is -1.25. The van der Waals surface area contributed by atoms with Gasteiger partial charge in [0.1, 0.15) is 11.9 Å². The van der Waals surface area contributed by atoms with Crippen LogP contribution < -0.4 is 39.3 Å². The minimum absolute atomic E-state index is 0. The van der Waals surface area contributed by atoms with Crippen molar-refractivity contribution in [2.24, 2.45) is 0 Å². The Kier molecular flexibility index (Phi) is 6.51. The molecular weight excluding hydrogens is 315 g/mol. The zero-order valence-electron chi connectivity index (χ0n) is 14.0. The molecule has 0 aliphatic carbocycles. The van der Waals surface area contributed by atoms with Gasteiger partial charge < -0.3 is 25.3 Å². The van der Waals surface area contributed by atoms with Crippen molar-refractivity contribution in [3.63, 3.8) is 0 Å². The zero-order chi connectivity index (χ0) is 16.9. The molecule has 0 saturated heterocycles. The maximum atomic E-state index is 12.1. The third kappa shape index (κ3) is 4.78. The first kappa shape index (κ1) is 18.9. The third-order valence-electron chi connectivity index (χ3n) is 3.84. The molecule has 1 unspecified atom stereocenters. The minimum Gasteiger partial charge on any atom is -0.546 e. The molecule has 1 aliphatic heterocycles. The molecule has 3 rings (SSSR count). The molecule has 1 atom stereocenters. The molecule has 1 heterocycles. The molecule has 0 saturated carbocycles. The summed E-state index contributed by atoms with van der Waals surface area (Å²) < 4.78 is 5.48. The van der Waals surface area contributed by atoms with Gasteiger partial charge in [0.05, 0.1) is 11.7 Å². The molecular formula is C18H17LiN2O4. The van der Waals surface area contributed by atoms with E-state index in [4.69, 9.17) is 4.74 Å². The SMILES string of the molecule is O=C(NCc1ccccc1)Nc1cccc2c1OC(C(=O)[O-])CC2.[Li+]. The van der Waals surface area contributed by atoms with E-state index in [9.17, 15) is 14.7 Å². The van der Waals surface area contributed by atoms with Gasteiger partial charge in [0.15, 0.2) is 0 Å². The average Bonchev–Trinajstić information content (AvgIpc) is 2.61. The van der Waals surface area contributed by atoms with Crippen LogP contribution in [0.5, 0.6) is 5.75 Å². The third-order valence-corrected chi connectivity index (χ3v) is 3.84. The van der Waals surface area contributed by atoms with Crippen LogP contribution in [0.4, 0.5) is 10.5 Å². The predicted molar refractivity (Wildman–Crippen MR) is 86.5 cm³/mol. The molecule has 6 nitrogen and oxygen atoms in total. The number of hydrogen-bond donors (Lipinski definition) is 2. The van der Waals surface area contributed by atoms with Crippen LogP contribution >= 0.6 is 0 Å². The number of fused-ring (bicyclic) bond motifs is 1. The molecule has 0 radical (unpaired) electrons. The van der Waals surface area contributed by atoms with Crippen molar-refractivity contribution in [1.29, 1.82) is 0 Å². The number of aliphatic carboxylic acids is 1. The van der Waals surface area contributed by atoms with E-state index in [2.05, 4.69) is 10.6 Å². The number of hydrogen-bond acceptors (Lipinski definition) is 4. The summed E-state index contributed by atoms with van der Waals surface area (Å²) >= 11 is 0. The first-order valence-electron chi connectivity index (χ1n) is 7.71. The number of carbonyl (C=O) groups excluding carboxylic acids is 2. The van der Waals surface area contributed by atoms with E-state index in [1.165, 1.54) is 0 Å². The van der Waals surface area contributed by atoms with E-state index in [1.807, 2.05) is 36.4 Å². The van der Waals surface area contributed by atoms with Gasteiger partial charge in [0, 0.05) is 6.54 Å². The summed E-state index contributed by atoms with van der Waals surface area (Å²) in [7, 11) is 0. The van der Waals surface area contributed by atoms with E-state index >= 15 is 0 Å². The number of rotatable bonds is 4. The Morgan fingerprint density at radius 1 is 1.12 bits per heavy atom. The molecule has 0 spiro atoms. The van der Waals surface area contributed by atoms with Gasteiger partial charge in [0.25, 0.3) is 0 Å². The van der Waals surface area contributed by atoms with E-state index < -0.39 is 12.1 Å². The number of ether oxygens (including phenoxy) is 1. The maximum Gasteiger partial charge on any atom is 1.00 e. The number of nitrogens with one attached hydrogen (secondary N) is 2. The van der Waals surface area contributed by atoms with Crippen LogP contribution in [0.15, 0.2) is 48.5 Å². The fourth-order valence-electron chi connectivity index (χ4n) is 2.62. The summed E-state index contributed by atoms with van der Waals surface area (Å²) in [6.45, 7) is 0.393. The van der Waals surface area contributed by atoms with E-state index in [0.717, 1.165) is 11.1 Å². The second-order valence-electron chi connectivity index (χ2n) is 5.55. The second kappa shape index (κ2) is 8.61. The van der Waals surface area contributed by atoms with E-state index in [1.54, 1.807) is 12.1 Å². The fourth-order valence-corrected chi connectivity index (χ4v) is 2.62. The fraction of sp³-hybridized carbons (Fsp3) is 0.222. The van der Waals surface area contributed by atoms with Crippen LogP contribution in [-0.4, -0.2) is 18.1 Å². The van der Waals surface area contributed by atoms with Crippen LogP contribution in [0, 0.1) is 0 Å². The molecule has 0 fully saturated rings. The van der Waals surface area contributed by atoms with Gasteiger partial charge in [-0.2, -0.15) is 0 Å². The Labute approximate surface area is 157 Å². The molecule has 2 amide bonds. The van der Waals surface area contributed by atoms with Crippen molar-refractivity contribution in [3.8, 4) is 5.75 Å². The van der Waals surface area contributed by atoms with Gasteiger partial charge in [-0.3, -0.25) is 0 Å². The number of anilines is 1. The predicted octanol–water partition coefficient (Wildman–Crippen LogP) is -1.54. The van der Waals surface area contributed by atoms with Gasteiger partial charge in [0.2, 0.25) is 0 Å². The van der Waals surface area contributed by atoms with E-state index in [-0.39, 0.29) is 24.9 Å². The quantitative estimate of drug-likeness (QED) is 0.664. The van der Waals surface area contributed by atoms with Crippen LogP contribution in [0.1, 0.15) is 17.5 Å². The molecule has 0 bridgehead atoms. The van der Waals surface area contributed by atoms with Crippen molar-refractivity contribution in [2.75, 3.05) is 5.32 Å². The largest absolute Gasteiger partial charge is 1.00 e. The maximum absolute atomic E-state index is 12.1. The molecule has 124 valence electrons. The van der Waals surface area contributed by atoms with Gasteiger partial charge in [-0.25, -0.2) is 4.79 Å². The van der Waals surface area contributed by atoms with Crippen molar-refractivity contribution >= 4 is 17.7 Å². The van der Waals surface area contributed by atoms with Crippen LogP contribution in [-0.2, 0) is 17.8 Å². The van der Waals surface area contributed by atoms with Gasteiger partial charge in [-0.15, -0.1) is 0 Å². The zero-order valence-corrected chi connectivity index (χ0v) is 14.0. The summed E-state index contributed by atoms with van der Waals surface area (Å²) in [5.74, 6) is -0.850. The summed E-state index contributed by atoms with van der Waals surface area (Å²) in [5.41, 5.74) is 2.30. The Bertz CT molecular complexity index is 752. The van der Waals surface area contributed by atoms with Crippen molar-refractivity contribution in [1.82, 2.24) is 5.32 Å². The number of carboxylic acids is 1. The summed E-state index contributed by atoms with van der Waals surface area (Å²) in [4.78, 5) is 23.1. The topological polar surface area (TPSA) is 90.5 Å². The Hall–Kier alpha value is -2.42. The molecule has 2 aromatic rings. The van der Waals surface area contributed by atoms with Gasteiger partial charge >= 0.3 is 24.9 Å². The number of urea groups is 1. The number of carboxylic acid groups (broad SMARTS) is 1. The number of para-hydroxylation sites is 1. The standard InChI is InChI=1S/C18H18N2O4.Li/c21-17(22)15-10-9-13-7-4-8-14(16(13)24-15)20-18(23)19-11-12-5-2-1-3-6-12;/h1-8,15H,9-11H2,(H,21,22)(H2,19,20,23);/q;+1/p-1. The van der Waals surface area contributed by atoms with Crippen LogP contribution in [0.3, 0.4) is 0 Å². The van der Waals surface area contributed by atoms with Gasteiger partial charge in [-0.1, -0.05) is 42.5 Å². The average molecular weight is 332 g/mol. The van der Waals surface area contributed by atoms with Crippen molar-refractivity contribution in [3.05, 3.63) is 59.7 Å². The van der Waals surface area contributed by atoms with Gasteiger partial charge in [-0.05, 0) is 30.0 Å². The van der Waals surface area contributed by atoms with E-state index in [0.29, 0.717) is 30.8 Å². The molecule has 7 heteroatoms. The van der Waals surface area contributed by atoms with Crippen LogP contribution in [0.25, 0.3) is 0 Å². The molecule has 0 aromatic heterocycles. The number of carbonyl (C=O) groups is 2. The smallest absolute Gasteiger partial charge is 0.546 e. The number of amides is 2. The Balaban J connectivity index is 0.00000225. The summed E-state index contributed by atoms with van der Waals surface area (Å²) in [6.07, 6.45) is -0.0680. The Morgan fingerprint density at radius 3 is 2.60 bits per heavy atom. The van der Waals surface area contributed by atoms with Crippen LogP contribution in [0.2, 0.25) is 0 Å². The second-order valence-corrected chi connectivity index (χ2v) is 5.55. The summed E-state index contributed by atoms with van der Waals surface area (Å²) in [5, 5.41) is 16.5. The first-order chi connectivity index (χ1) is 11.6. The molecule has 25 heavy (non-hydrogen) atoms. The monoisotopic (exact) mass is 332 g/mol. The number of benzene rings is 2. The molecule has 1 aliphatic rings. The first-order valence-corrected chi connectivity index (χ1v) is 7.71. The summed E-state index contributed by atoms with van der Waals surface area (Å²) in [6, 6.07) is 14.5. The number of aryl methyl sites for hydroxylation is 1. The Morgan fingerprint density at radius 2 is 1.88 bits per heavy atom. The van der Waals surface area contributed by atoms with Crippen molar-refractivity contribution in [2.45, 2.75) is 25.5 Å². The normalized spacial score (nSPS) is 15.1. The molecule has 2 aromatic carbocycles. The molecule has 2 N–H and O–H groups in total. The van der Waals surface area contributed by atoms with Crippen molar-refractivity contribution < 1.29 is 38.3 Å².